The highest BCUT2D eigenvalue weighted by atomic mass is 19.4. The van der Waals surface area contributed by atoms with Gasteiger partial charge in [-0.1, -0.05) is 0 Å². The normalized spacial score (nSPS) is 18.0. The number of piperidine rings is 1. The monoisotopic (exact) mass is 302 g/mol. The van der Waals surface area contributed by atoms with Crippen molar-refractivity contribution in [1.82, 2.24) is 4.90 Å². The summed E-state index contributed by atoms with van der Waals surface area (Å²) in [5, 5.41) is 3.37. The first-order valence-corrected chi connectivity index (χ1v) is 7.20. The molecule has 0 aliphatic carbocycles. The van der Waals surface area contributed by atoms with E-state index < -0.39 is 6.36 Å². The van der Waals surface area contributed by atoms with Crippen LogP contribution in [0.15, 0.2) is 24.3 Å². The third-order valence-electron chi connectivity index (χ3n) is 3.72. The minimum absolute atomic E-state index is 0.192. The molecule has 2 rings (SSSR count). The summed E-state index contributed by atoms with van der Waals surface area (Å²) >= 11 is 0. The van der Waals surface area contributed by atoms with E-state index in [-0.39, 0.29) is 5.75 Å². The Kier molecular flexibility index (Phi) is 4.98. The van der Waals surface area contributed by atoms with Gasteiger partial charge in [-0.3, -0.25) is 0 Å². The van der Waals surface area contributed by atoms with Crippen LogP contribution in [0.5, 0.6) is 5.75 Å². The van der Waals surface area contributed by atoms with Gasteiger partial charge in [0.15, 0.2) is 0 Å². The summed E-state index contributed by atoms with van der Waals surface area (Å²) in [6.45, 7) is 6.47. The Balaban J connectivity index is 1.84. The Bertz CT molecular complexity index is 437. The van der Waals surface area contributed by atoms with Crippen LogP contribution in [0.2, 0.25) is 0 Å². The Hall–Kier alpha value is -1.43. The van der Waals surface area contributed by atoms with Gasteiger partial charge in [-0.2, -0.15) is 0 Å². The van der Waals surface area contributed by atoms with E-state index in [2.05, 4.69) is 28.8 Å². The third kappa shape index (κ3) is 5.12. The van der Waals surface area contributed by atoms with E-state index in [0.717, 1.165) is 31.6 Å². The lowest BCUT2D eigenvalue weighted by Gasteiger charge is -2.35. The Morgan fingerprint density at radius 2 is 1.71 bits per heavy atom. The molecule has 21 heavy (non-hydrogen) atoms. The molecule has 1 aliphatic heterocycles. The molecule has 1 heterocycles. The van der Waals surface area contributed by atoms with E-state index >= 15 is 0 Å². The first kappa shape index (κ1) is 15.9. The Morgan fingerprint density at radius 1 is 1.14 bits per heavy atom. The van der Waals surface area contributed by atoms with E-state index in [4.69, 9.17) is 0 Å². The lowest BCUT2D eigenvalue weighted by Crippen LogP contribution is -2.42. The van der Waals surface area contributed by atoms with Crippen LogP contribution in [0, 0.1) is 0 Å². The van der Waals surface area contributed by atoms with Gasteiger partial charge in [0.2, 0.25) is 0 Å². The second kappa shape index (κ2) is 6.56. The molecule has 0 atom stereocenters. The highest BCUT2D eigenvalue weighted by molar-refractivity contribution is 5.47. The lowest BCUT2D eigenvalue weighted by atomic mass is 10.0. The maximum atomic E-state index is 12.1. The Labute approximate surface area is 123 Å². The van der Waals surface area contributed by atoms with Crippen molar-refractivity contribution < 1.29 is 17.9 Å². The Morgan fingerprint density at radius 3 is 2.19 bits per heavy atom. The van der Waals surface area contributed by atoms with Gasteiger partial charge in [-0.05, 0) is 51.0 Å². The number of alkyl halides is 3. The van der Waals surface area contributed by atoms with E-state index in [0.29, 0.717) is 12.1 Å². The SMILES string of the molecule is CC(C)N1CCC(Nc2ccc(OC(F)(F)F)cc2)CC1. The van der Waals surface area contributed by atoms with Gasteiger partial charge in [0.25, 0.3) is 0 Å². The quantitative estimate of drug-likeness (QED) is 0.914. The number of hydrogen-bond acceptors (Lipinski definition) is 3. The van der Waals surface area contributed by atoms with E-state index in [1.54, 1.807) is 12.1 Å². The standard InChI is InChI=1S/C15H21F3N2O/c1-11(2)20-9-7-13(8-10-20)19-12-3-5-14(6-4-12)21-15(16,17)18/h3-6,11,13,19H,7-10H2,1-2H3. The van der Waals surface area contributed by atoms with Crippen molar-refractivity contribution in [2.45, 2.75) is 45.1 Å². The summed E-state index contributed by atoms with van der Waals surface area (Å²) in [6, 6.07) is 6.84. The van der Waals surface area contributed by atoms with Crippen molar-refractivity contribution in [3.63, 3.8) is 0 Å². The number of halogens is 3. The molecule has 3 nitrogen and oxygen atoms in total. The van der Waals surface area contributed by atoms with Crippen molar-refractivity contribution >= 4 is 5.69 Å². The van der Waals surface area contributed by atoms with Crippen molar-refractivity contribution in [2.75, 3.05) is 18.4 Å². The summed E-state index contributed by atoms with van der Waals surface area (Å²) in [5.41, 5.74) is 0.826. The number of nitrogens with one attached hydrogen (secondary N) is 1. The fourth-order valence-corrected chi connectivity index (χ4v) is 2.55. The molecule has 1 aromatic carbocycles. The molecule has 0 spiro atoms. The van der Waals surface area contributed by atoms with Crippen molar-refractivity contribution in [2.24, 2.45) is 0 Å². The van der Waals surface area contributed by atoms with Crippen molar-refractivity contribution in [1.29, 1.82) is 0 Å². The summed E-state index contributed by atoms with van der Waals surface area (Å²) in [7, 11) is 0. The maximum absolute atomic E-state index is 12.1. The molecule has 1 saturated heterocycles. The number of benzene rings is 1. The van der Waals surface area contributed by atoms with Crippen LogP contribution in [-0.4, -0.2) is 36.4 Å². The van der Waals surface area contributed by atoms with Crippen LogP contribution >= 0.6 is 0 Å². The molecule has 1 fully saturated rings. The van der Waals surface area contributed by atoms with Crippen LogP contribution in [0.3, 0.4) is 0 Å². The van der Waals surface area contributed by atoms with Gasteiger partial charge >= 0.3 is 6.36 Å². The molecule has 0 saturated carbocycles. The molecule has 0 aromatic heterocycles. The fraction of sp³-hybridized carbons (Fsp3) is 0.600. The highest BCUT2D eigenvalue weighted by Gasteiger charge is 2.31. The van der Waals surface area contributed by atoms with Crippen LogP contribution < -0.4 is 10.1 Å². The topological polar surface area (TPSA) is 24.5 Å². The molecule has 0 radical (unpaired) electrons. The number of anilines is 1. The average Bonchev–Trinajstić information content (AvgIpc) is 2.40. The molecular weight excluding hydrogens is 281 g/mol. The smallest absolute Gasteiger partial charge is 0.406 e. The number of nitrogens with zero attached hydrogens (tertiary/aromatic N) is 1. The molecular formula is C15H21F3N2O. The molecule has 1 aromatic rings. The van der Waals surface area contributed by atoms with E-state index in [1.807, 2.05) is 0 Å². The lowest BCUT2D eigenvalue weighted by molar-refractivity contribution is -0.274. The number of rotatable bonds is 4. The molecule has 6 heteroatoms. The second-order valence-corrected chi connectivity index (χ2v) is 5.62. The number of likely N-dealkylation sites (tertiary alicyclic amines) is 1. The molecule has 0 unspecified atom stereocenters. The van der Waals surface area contributed by atoms with E-state index in [1.165, 1.54) is 12.1 Å². The van der Waals surface area contributed by atoms with Gasteiger partial charge in [-0.15, -0.1) is 13.2 Å². The van der Waals surface area contributed by atoms with Crippen molar-refractivity contribution in [3.8, 4) is 5.75 Å². The molecule has 1 aliphatic rings. The van der Waals surface area contributed by atoms with Crippen molar-refractivity contribution in [3.05, 3.63) is 24.3 Å². The van der Waals surface area contributed by atoms with Crippen LogP contribution in [-0.2, 0) is 0 Å². The van der Waals surface area contributed by atoms with Crippen LogP contribution in [0.4, 0.5) is 18.9 Å². The summed E-state index contributed by atoms with van der Waals surface area (Å²) in [5.74, 6) is -0.192. The minimum Gasteiger partial charge on any atom is -0.406 e. The predicted octanol–water partition coefficient (Wildman–Crippen LogP) is 3.87. The molecule has 118 valence electrons. The maximum Gasteiger partial charge on any atom is 0.573 e. The molecule has 1 N–H and O–H groups in total. The van der Waals surface area contributed by atoms with Gasteiger partial charge in [0, 0.05) is 30.9 Å². The highest BCUT2D eigenvalue weighted by Crippen LogP contribution is 2.25. The van der Waals surface area contributed by atoms with Gasteiger partial charge in [0.05, 0.1) is 0 Å². The second-order valence-electron chi connectivity index (χ2n) is 5.62. The van der Waals surface area contributed by atoms with Crippen LogP contribution in [0.25, 0.3) is 0 Å². The molecule has 0 bridgehead atoms. The largest absolute Gasteiger partial charge is 0.573 e. The average molecular weight is 302 g/mol. The van der Waals surface area contributed by atoms with Gasteiger partial charge < -0.3 is 15.0 Å². The zero-order chi connectivity index (χ0) is 15.5. The summed E-state index contributed by atoms with van der Waals surface area (Å²) in [4.78, 5) is 2.43. The van der Waals surface area contributed by atoms with Gasteiger partial charge in [-0.25, -0.2) is 0 Å². The zero-order valence-electron chi connectivity index (χ0n) is 12.3. The fourth-order valence-electron chi connectivity index (χ4n) is 2.55. The molecule has 0 amide bonds. The zero-order valence-corrected chi connectivity index (χ0v) is 12.3. The van der Waals surface area contributed by atoms with Crippen LogP contribution in [0.1, 0.15) is 26.7 Å². The number of ether oxygens (including phenoxy) is 1. The predicted molar refractivity (Wildman–Crippen MR) is 76.5 cm³/mol. The van der Waals surface area contributed by atoms with Gasteiger partial charge in [0.1, 0.15) is 5.75 Å². The summed E-state index contributed by atoms with van der Waals surface area (Å²) < 4.78 is 40.1. The van der Waals surface area contributed by atoms with E-state index in [9.17, 15) is 13.2 Å². The number of hydrogen-bond donors (Lipinski definition) is 1. The minimum atomic E-state index is -4.64. The first-order valence-electron chi connectivity index (χ1n) is 7.20. The first-order chi connectivity index (χ1) is 9.83. The third-order valence-corrected chi connectivity index (χ3v) is 3.72. The summed E-state index contributed by atoms with van der Waals surface area (Å²) in [6.07, 6.45) is -2.56.